The zero-order valence-electron chi connectivity index (χ0n) is 20.8. The predicted octanol–water partition coefficient (Wildman–Crippen LogP) is 7.00. The fourth-order valence-electron chi connectivity index (χ4n) is 6.13. The van der Waals surface area contributed by atoms with Crippen LogP contribution in [0.2, 0.25) is 0 Å². The van der Waals surface area contributed by atoms with Crippen LogP contribution in [0.15, 0.2) is 60.8 Å². The predicted molar refractivity (Wildman–Crippen MR) is 145 cm³/mol. The van der Waals surface area contributed by atoms with Crippen LogP contribution in [-0.4, -0.2) is 34.0 Å². The first-order valence-electron chi connectivity index (χ1n) is 13.1. The molecule has 1 saturated heterocycles. The Hall–Kier alpha value is -3.24. The average molecular weight is 463 g/mol. The third kappa shape index (κ3) is 4.43. The Morgan fingerprint density at radius 3 is 2.40 bits per heavy atom. The molecule has 1 unspecified atom stereocenters. The first kappa shape index (κ1) is 22.2. The van der Waals surface area contributed by atoms with Crippen LogP contribution >= 0.6 is 0 Å². The first-order valence-corrected chi connectivity index (χ1v) is 13.1. The Bertz CT molecular complexity index is 1350. The summed E-state index contributed by atoms with van der Waals surface area (Å²) in [6.45, 7) is 6.92. The number of likely N-dealkylation sites (tertiary alicyclic amines) is 1. The maximum absolute atomic E-state index is 5.00. The molecule has 0 bridgehead atoms. The van der Waals surface area contributed by atoms with Gasteiger partial charge < -0.3 is 10.2 Å². The number of fused-ring (bicyclic) bond motifs is 2. The molecule has 4 heteroatoms. The van der Waals surface area contributed by atoms with E-state index in [0.717, 1.165) is 29.1 Å². The summed E-state index contributed by atoms with van der Waals surface area (Å²) in [6, 6.07) is 20.4. The molecule has 35 heavy (non-hydrogen) atoms. The number of benzene rings is 3. The number of para-hydroxylation sites is 1. The van der Waals surface area contributed by atoms with Crippen molar-refractivity contribution in [3.05, 3.63) is 83.0 Å². The van der Waals surface area contributed by atoms with Crippen LogP contribution in [-0.2, 0) is 12.8 Å². The van der Waals surface area contributed by atoms with Gasteiger partial charge in [-0.2, -0.15) is 0 Å². The largest absolute Gasteiger partial charge is 0.324 e. The van der Waals surface area contributed by atoms with E-state index < -0.39 is 0 Å². The summed E-state index contributed by atoms with van der Waals surface area (Å²) >= 11 is 0. The number of anilines is 2. The lowest BCUT2D eigenvalue weighted by molar-refractivity contribution is 0.222. The summed E-state index contributed by atoms with van der Waals surface area (Å²) in [4.78, 5) is 12.4. The number of rotatable bonds is 4. The number of aryl methyl sites for hydroxylation is 4. The molecule has 1 aliphatic heterocycles. The van der Waals surface area contributed by atoms with Gasteiger partial charge in [-0.25, -0.2) is 9.97 Å². The molecule has 2 aliphatic rings. The van der Waals surface area contributed by atoms with Crippen molar-refractivity contribution >= 4 is 22.5 Å². The minimum Gasteiger partial charge on any atom is -0.324 e. The van der Waals surface area contributed by atoms with Gasteiger partial charge in [-0.05, 0) is 105 Å². The fraction of sp³-hybridized carbons (Fsp3) is 0.355. The number of nitrogens with zero attached hydrogens (tertiary/aromatic N) is 3. The van der Waals surface area contributed by atoms with Gasteiger partial charge >= 0.3 is 0 Å². The van der Waals surface area contributed by atoms with Crippen molar-refractivity contribution < 1.29 is 0 Å². The van der Waals surface area contributed by atoms with Gasteiger partial charge in [0.25, 0.3) is 0 Å². The molecule has 0 radical (unpaired) electrons. The molecule has 0 saturated carbocycles. The van der Waals surface area contributed by atoms with Gasteiger partial charge in [0.05, 0.1) is 5.52 Å². The van der Waals surface area contributed by atoms with Crippen molar-refractivity contribution in [2.24, 2.45) is 0 Å². The third-order valence-electron chi connectivity index (χ3n) is 7.97. The van der Waals surface area contributed by atoms with E-state index in [-0.39, 0.29) is 0 Å². The zero-order chi connectivity index (χ0) is 23.8. The van der Waals surface area contributed by atoms with Crippen molar-refractivity contribution in [2.45, 2.75) is 58.4 Å². The Balaban J connectivity index is 1.28. The SMILES string of the molecule is Cc1cccc(C)c1-c1cccc2cnc(Nc3ccc4c(c3)CCC(N3CCCC3)CC4)nc12. The quantitative estimate of drug-likeness (QED) is 0.332. The van der Waals surface area contributed by atoms with Gasteiger partial charge in [0.2, 0.25) is 5.95 Å². The normalized spacial score (nSPS) is 18.4. The lowest BCUT2D eigenvalue weighted by Crippen LogP contribution is -2.32. The van der Waals surface area contributed by atoms with E-state index in [1.165, 1.54) is 78.6 Å². The summed E-state index contributed by atoms with van der Waals surface area (Å²) in [7, 11) is 0. The fourth-order valence-corrected chi connectivity index (χ4v) is 6.13. The number of aromatic nitrogens is 2. The molecule has 1 fully saturated rings. The van der Waals surface area contributed by atoms with E-state index in [0.29, 0.717) is 5.95 Å². The summed E-state index contributed by atoms with van der Waals surface area (Å²) in [5.41, 5.74) is 10.0. The highest BCUT2D eigenvalue weighted by Crippen LogP contribution is 2.33. The summed E-state index contributed by atoms with van der Waals surface area (Å²) in [5, 5.41) is 4.57. The van der Waals surface area contributed by atoms with E-state index in [2.05, 4.69) is 83.6 Å². The molecule has 6 rings (SSSR count). The molecular weight excluding hydrogens is 428 g/mol. The van der Waals surface area contributed by atoms with Crippen LogP contribution in [0, 0.1) is 13.8 Å². The van der Waals surface area contributed by atoms with Crippen LogP contribution < -0.4 is 5.32 Å². The van der Waals surface area contributed by atoms with E-state index >= 15 is 0 Å². The molecular formula is C31H34N4. The highest BCUT2D eigenvalue weighted by atomic mass is 15.2. The summed E-state index contributed by atoms with van der Waals surface area (Å²) in [5.74, 6) is 0.653. The lowest BCUT2D eigenvalue weighted by Gasteiger charge is -2.25. The lowest BCUT2D eigenvalue weighted by atomic mass is 9.94. The van der Waals surface area contributed by atoms with Crippen LogP contribution in [0.3, 0.4) is 0 Å². The van der Waals surface area contributed by atoms with Crippen molar-refractivity contribution in [2.75, 3.05) is 18.4 Å². The summed E-state index contributed by atoms with van der Waals surface area (Å²) < 4.78 is 0. The molecule has 0 amide bonds. The molecule has 1 aromatic heterocycles. The monoisotopic (exact) mass is 462 g/mol. The number of hydrogen-bond donors (Lipinski definition) is 1. The van der Waals surface area contributed by atoms with Gasteiger partial charge in [-0.3, -0.25) is 0 Å². The van der Waals surface area contributed by atoms with E-state index in [4.69, 9.17) is 4.98 Å². The molecule has 178 valence electrons. The maximum atomic E-state index is 5.00. The smallest absolute Gasteiger partial charge is 0.227 e. The molecule has 4 nitrogen and oxygen atoms in total. The van der Waals surface area contributed by atoms with Crippen LogP contribution in [0.5, 0.6) is 0 Å². The molecule has 1 N–H and O–H groups in total. The van der Waals surface area contributed by atoms with Gasteiger partial charge in [0.1, 0.15) is 0 Å². The van der Waals surface area contributed by atoms with E-state index in [9.17, 15) is 0 Å². The highest BCUT2D eigenvalue weighted by molar-refractivity contribution is 5.95. The molecule has 3 aromatic carbocycles. The summed E-state index contributed by atoms with van der Waals surface area (Å²) in [6.07, 6.45) is 9.56. The second-order valence-corrected chi connectivity index (χ2v) is 10.3. The topological polar surface area (TPSA) is 41.1 Å². The molecule has 1 atom stereocenters. The molecule has 1 aliphatic carbocycles. The Morgan fingerprint density at radius 1 is 0.857 bits per heavy atom. The standard InChI is InChI=1S/C31H34N4/c1-21-7-5-8-22(2)29(21)28-10-6-9-25-20-32-31(34-30(25)28)33-26-14-11-23-12-15-27(16-13-24(23)19-26)35-17-3-4-18-35/h5-11,14,19-20,27H,3-4,12-13,15-18H2,1-2H3,(H,32,33,34). The number of hydrogen-bond acceptors (Lipinski definition) is 4. The van der Waals surface area contributed by atoms with Gasteiger partial charge in [0.15, 0.2) is 0 Å². The van der Waals surface area contributed by atoms with Crippen LogP contribution in [0.1, 0.15) is 47.9 Å². The van der Waals surface area contributed by atoms with Crippen LogP contribution in [0.4, 0.5) is 11.6 Å². The van der Waals surface area contributed by atoms with E-state index in [1.807, 2.05) is 6.20 Å². The van der Waals surface area contributed by atoms with E-state index in [1.54, 1.807) is 0 Å². The minimum absolute atomic E-state index is 0.653. The molecule has 0 spiro atoms. The van der Waals surface area contributed by atoms with Crippen molar-refractivity contribution in [3.63, 3.8) is 0 Å². The minimum atomic E-state index is 0.653. The zero-order valence-corrected chi connectivity index (χ0v) is 20.8. The van der Waals surface area contributed by atoms with Gasteiger partial charge in [-0.1, -0.05) is 42.5 Å². The molecule has 4 aromatic rings. The average Bonchev–Trinajstić information content (AvgIpc) is 3.32. The maximum Gasteiger partial charge on any atom is 0.227 e. The Kier molecular flexibility index (Phi) is 5.99. The van der Waals surface area contributed by atoms with Crippen molar-refractivity contribution in [3.8, 4) is 11.1 Å². The Morgan fingerprint density at radius 2 is 1.60 bits per heavy atom. The number of nitrogens with one attached hydrogen (secondary N) is 1. The second kappa shape index (κ2) is 9.43. The Labute approximate surface area is 208 Å². The van der Waals surface area contributed by atoms with Gasteiger partial charge in [-0.15, -0.1) is 0 Å². The van der Waals surface area contributed by atoms with Crippen molar-refractivity contribution in [1.82, 2.24) is 14.9 Å². The molecule has 2 heterocycles. The van der Waals surface area contributed by atoms with Gasteiger partial charge in [0, 0.05) is 28.9 Å². The third-order valence-corrected chi connectivity index (χ3v) is 7.97. The first-order chi connectivity index (χ1) is 17.2. The van der Waals surface area contributed by atoms with Crippen molar-refractivity contribution in [1.29, 1.82) is 0 Å². The highest BCUT2D eigenvalue weighted by Gasteiger charge is 2.24. The second-order valence-electron chi connectivity index (χ2n) is 10.3. The van der Waals surface area contributed by atoms with Crippen LogP contribution in [0.25, 0.3) is 22.0 Å².